The SMILES string of the molecule is COc1ccc(C(=O)Nc2ccc(I)cc2)cc1S(=O)(=O)N1CCCCCC1. The minimum absolute atomic E-state index is 0.0344. The van der Waals surface area contributed by atoms with Gasteiger partial charge in [0.1, 0.15) is 10.6 Å². The lowest BCUT2D eigenvalue weighted by molar-refractivity contribution is 0.102. The molecule has 0 atom stereocenters. The molecule has 2 aromatic rings. The lowest BCUT2D eigenvalue weighted by atomic mass is 10.2. The van der Waals surface area contributed by atoms with Crippen LogP contribution in [0.3, 0.4) is 0 Å². The molecule has 150 valence electrons. The first kappa shape index (κ1) is 21.1. The molecule has 1 aliphatic heterocycles. The molecule has 0 aromatic heterocycles. The van der Waals surface area contributed by atoms with Gasteiger partial charge in [0.05, 0.1) is 7.11 Å². The van der Waals surface area contributed by atoms with Crippen LogP contribution in [0.2, 0.25) is 0 Å². The number of sulfonamides is 1. The topological polar surface area (TPSA) is 75.7 Å². The molecule has 1 N–H and O–H groups in total. The van der Waals surface area contributed by atoms with Gasteiger partial charge < -0.3 is 10.1 Å². The molecule has 0 spiro atoms. The van der Waals surface area contributed by atoms with Crippen molar-refractivity contribution in [2.24, 2.45) is 0 Å². The zero-order valence-corrected chi connectivity index (χ0v) is 18.6. The van der Waals surface area contributed by atoms with Crippen LogP contribution in [0.15, 0.2) is 47.4 Å². The van der Waals surface area contributed by atoms with Crippen molar-refractivity contribution in [3.63, 3.8) is 0 Å². The smallest absolute Gasteiger partial charge is 0.255 e. The van der Waals surface area contributed by atoms with Crippen molar-refractivity contribution in [2.75, 3.05) is 25.5 Å². The average Bonchev–Trinajstić information content (AvgIpc) is 2.99. The monoisotopic (exact) mass is 514 g/mol. The number of nitrogens with zero attached hydrogens (tertiary/aromatic N) is 1. The predicted molar refractivity (Wildman–Crippen MR) is 117 cm³/mol. The molecule has 0 radical (unpaired) electrons. The maximum Gasteiger partial charge on any atom is 0.255 e. The fourth-order valence-corrected chi connectivity index (χ4v) is 5.24. The Hall–Kier alpha value is -1.65. The van der Waals surface area contributed by atoms with Gasteiger partial charge in [-0.1, -0.05) is 12.8 Å². The van der Waals surface area contributed by atoms with Crippen LogP contribution >= 0.6 is 22.6 Å². The number of methoxy groups -OCH3 is 1. The van der Waals surface area contributed by atoms with Gasteiger partial charge in [-0.3, -0.25) is 4.79 Å². The van der Waals surface area contributed by atoms with Crippen molar-refractivity contribution < 1.29 is 17.9 Å². The Kier molecular flexibility index (Phi) is 6.95. The molecular weight excluding hydrogens is 491 g/mol. The number of carbonyl (C=O) groups is 1. The zero-order valence-electron chi connectivity index (χ0n) is 15.7. The summed E-state index contributed by atoms with van der Waals surface area (Å²) in [5, 5.41) is 2.80. The van der Waals surface area contributed by atoms with Crippen LogP contribution in [-0.4, -0.2) is 38.8 Å². The van der Waals surface area contributed by atoms with E-state index < -0.39 is 10.0 Å². The first-order valence-corrected chi connectivity index (χ1v) is 11.7. The van der Waals surface area contributed by atoms with Crippen LogP contribution in [0.1, 0.15) is 36.0 Å². The lowest BCUT2D eigenvalue weighted by Crippen LogP contribution is -2.32. The summed E-state index contributed by atoms with van der Waals surface area (Å²) in [6.45, 7) is 0.981. The van der Waals surface area contributed by atoms with Crippen LogP contribution in [0.5, 0.6) is 5.75 Å². The van der Waals surface area contributed by atoms with Gasteiger partial charge in [-0.2, -0.15) is 4.31 Å². The maximum absolute atomic E-state index is 13.2. The molecule has 0 unspecified atom stereocenters. The number of nitrogens with one attached hydrogen (secondary N) is 1. The molecule has 2 aromatic carbocycles. The quantitative estimate of drug-likeness (QED) is 0.610. The number of anilines is 1. The van der Waals surface area contributed by atoms with E-state index in [2.05, 4.69) is 27.9 Å². The Morgan fingerprint density at radius 1 is 1.04 bits per heavy atom. The van der Waals surface area contributed by atoms with E-state index in [1.807, 2.05) is 12.1 Å². The van der Waals surface area contributed by atoms with Crippen molar-refractivity contribution in [3.8, 4) is 5.75 Å². The van der Waals surface area contributed by atoms with Gasteiger partial charge in [0.25, 0.3) is 5.91 Å². The molecule has 1 saturated heterocycles. The third-order valence-corrected chi connectivity index (χ3v) is 7.35. The van der Waals surface area contributed by atoms with Gasteiger partial charge in [0.15, 0.2) is 0 Å². The van der Waals surface area contributed by atoms with Crippen molar-refractivity contribution >= 4 is 44.2 Å². The highest BCUT2D eigenvalue weighted by Gasteiger charge is 2.29. The average molecular weight is 514 g/mol. The summed E-state index contributed by atoms with van der Waals surface area (Å²) in [5.41, 5.74) is 0.922. The van der Waals surface area contributed by atoms with Gasteiger partial charge >= 0.3 is 0 Å². The molecule has 3 rings (SSSR count). The van der Waals surface area contributed by atoms with Crippen molar-refractivity contribution in [2.45, 2.75) is 30.6 Å². The predicted octanol–water partition coefficient (Wildman–Crippen LogP) is 4.12. The van der Waals surface area contributed by atoms with Crippen molar-refractivity contribution in [3.05, 3.63) is 51.6 Å². The Bertz CT molecular complexity index is 937. The third-order valence-electron chi connectivity index (χ3n) is 4.71. The van der Waals surface area contributed by atoms with E-state index >= 15 is 0 Å². The first-order chi connectivity index (χ1) is 13.4. The van der Waals surface area contributed by atoms with Crippen LogP contribution < -0.4 is 10.1 Å². The summed E-state index contributed by atoms with van der Waals surface area (Å²) in [6, 6.07) is 11.9. The van der Waals surface area contributed by atoms with Crippen LogP contribution in [0.25, 0.3) is 0 Å². The molecule has 28 heavy (non-hydrogen) atoms. The maximum atomic E-state index is 13.2. The lowest BCUT2D eigenvalue weighted by Gasteiger charge is -2.21. The molecule has 1 fully saturated rings. The molecule has 0 bridgehead atoms. The van der Waals surface area contributed by atoms with E-state index in [0.717, 1.165) is 29.3 Å². The minimum Gasteiger partial charge on any atom is -0.495 e. The standard InChI is InChI=1S/C20H23IN2O4S/c1-27-18-11-6-15(20(24)22-17-9-7-16(21)8-10-17)14-19(18)28(25,26)23-12-4-2-3-5-13-23/h6-11,14H,2-5,12-13H2,1H3,(H,22,24). The number of ether oxygens (including phenoxy) is 1. The van der Waals surface area contributed by atoms with E-state index in [-0.39, 0.29) is 22.1 Å². The number of carbonyl (C=O) groups excluding carboxylic acids is 1. The molecule has 1 amide bonds. The summed E-state index contributed by atoms with van der Waals surface area (Å²) in [5.74, 6) is -0.119. The second kappa shape index (κ2) is 9.23. The molecule has 6 nitrogen and oxygen atoms in total. The largest absolute Gasteiger partial charge is 0.495 e. The molecule has 1 heterocycles. The highest BCUT2D eigenvalue weighted by Crippen LogP contribution is 2.29. The zero-order chi connectivity index (χ0) is 20.1. The number of amides is 1. The second-order valence-corrected chi connectivity index (χ2v) is 9.80. The first-order valence-electron chi connectivity index (χ1n) is 9.17. The Balaban J connectivity index is 1.90. The molecule has 1 aliphatic rings. The van der Waals surface area contributed by atoms with Crippen LogP contribution in [0.4, 0.5) is 5.69 Å². The van der Waals surface area contributed by atoms with Gasteiger partial charge in [-0.25, -0.2) is 8.42 Å². The van der Waals surface area contributed by atoms with Crippen LogP contribution in [-0.2, 0) is 10.0 Å². The number of benzene rings is 2. The molecule has 0 saturated carbocycles. The van der Waals surface area contributed by atoms with Gasteiger partial charge in [-0.05, 0) is 77.9 Å². The number of hydrogen-bond acceptors (Lipinski definition) is 4. The van der Waals surface area contributed by atoms with Crippen molar-refractivity contribution in [1.82, 2.24) is 4.31 Å². The van der Waals surface area contributed by atoms with E-state index in [1.54, 1.807) is 18.2 Å². The summed E-state index contributed by atoms with van der Waals surface area (Å²) < 4.78 is 34.2. The minimum atomic E-state index is -3.74. The van der Waals surface area contributed by atoms with E-state index in [4.69, 9.17) is 4.74 Å². The second-order valence-electron chi connectivity index (χ2n) is 6.64. The van der Waals surface area contributed by atoms with Crippen molar-refractivity contribution in [1.29, 1.82) is 0 Å². The summed E-state index contributed by atoms with van der Waals surface area (Å²) in [7, 11) is -2.30. The molecule has 0 aliphatic carbocycles. The highest BCUT2D eigenvalue weighted by atomic mass is 127. The fraction of sp³-hybridized carbons (Fsp3) is 0.350. The highest BCUT2D eigenvalue weighted by molar-refractivity contribution is 14.1. The Morgan fingerprint density at radius 2 is 1.68 bits per heavy atom. The normalized spacial score (nSPS) is 15.6. The van der Waals surface area contributed by atoms with Gasteiger partial charge in [0, 0.05) is 27.9 Å². The van der Waals surface area contributed by atoms with Gasteiger partial charge in [-0.15, -0.1) is 0 Å². The van der Waals surface area contributed by atoms with Crippen LogP contribution in [0, 0.1) is 3.57 Å². The Labute approximate surface area is 179 Å². The number of halogens is 1. The summed E-state index contributed by atoms with van der Waals surface area (Å²) in [6.07, 6.45) is 3.74. The number of hydrogen-bond donors (Lipinski definition) is 1. The summed E-state index contributed by atoms with van der Waals surface area (Å²) in [4.78, 5) is 12.7. The van der Waals surface area contributed by atoms with E-state index in [1.165, 1.54) is 23.5 Å². The van der Waals surface area contributed by atoms with E-state index in [0.29, 0.717) is 18.8 Å². The fourth-order valence-electron chi connectivity index (χ4n) is 3.18. The molecule has 8 heteroatoms. The summed E-state index contributed by atoms with van der Waals surface area (Å²) >= 11 is 2.19. The molecular formula is C20H23IN2O4S. The Morgan fingerprint density at radius 3 is 2.29 bits per heavy atom. The van der Waals surface area contributed by atoms with Gasteiger partial charge in [0.2, 0.25) is 10.0 Å². The third kappa shape index (κ3) is 4.84. The number of rotatable bonds is 5. The van der Waals surface area contributed by atoms with E-state index in [9.17, 15) is 13.2 Å².